The molecule has 1 aliphatic rings. The van der Waals surface area contributed by atoms with Gasteiger partial charge in [0.15, 0.2) is 5.76 Å². The highest BCUT2D eigenvalue weighted by atomic mass is 19.1. The molecule has 1 fully saturated rings. The molecule has 1 N–H and O–H groups in total. The standard InChI is InChI=1S/C23H31FN2O2/c1-3-17(2)25-23(27)22-14-13-20(28-22)16-26(19-10-5-4-6-11-19)15-18-9-7-8-12-21(18)24/h7-9,12-14,17,19H,3-6,10-11,15-16H2,1-2H3,(H,25,27). The Bertz CT molecular complexity index is 767. The number of furan rings is 1. The molecule has 1 saturated carbocycles. The molecule has 0 aliphatic heterocycles. The largest absolute Gasteiger partial charge is 0.455 e. The molecule has 1 heterocycles. The summed E-state index contributed by atoms with van der Waals surface area (Å²) in [4.78, 5) is 14.6. The summed E-state index contributed by atoms with van der Waals surface area (Å²) in [6, 6.07) is 11.1. The van der Waals surface area contributed by atoms with Gasteiger partial charge < -0.3 is 9.73 Å². The summed E-state index contributed by atoms with van der Waals surface area (Å²) in [6.07, 6.45) is 6.80. The summed E-state index contributed by atoms with van der Waals surface area (Å²) in [6.45, 7) is 5.13. The highest BCUT2D eigenvalue weighted by molar-refractivity contribution is 5.91. The molecule has 1 atom stereocenters. The fourth-order valence-corrected chi connectivity index (χ4v) is 3.79. The van der Waals surface area contributed by atoms with E-state index in [1.807, 2.05) is 32.0 Å². The van der Waals surface area contributed by atoms with Crippen LogP contribution < -0.4 is 5.32 Å². The van der Waals surface area contributed by atoms with Gasteiger partial charge in [-0.25, -0.2) is 4.39 Å². The number of nitrogens with zero attached hydrogens (tertiary/aromatic N) is 1. The number of hydrogen-bond donors (Lipinski definition) is 1. The van der Waals surface area contributed by atoms with Crippen molar-refractivity contribution in [2.45, 2.75) is 77.5 Å². The topological polar surface area (TPSA) is 45.5 Å². The Hall–Kier alpha value is -2.14. The number of halogens is 1. The third-order valence-corrected chi connectivity index (χ3v) is 5.66. The Morgan fingerprint density at radius 1 is 1.18 bits per heavy atom. The molecule has 1 unspecified atom stereocenters. The summed E-state index contributed by atoms with van der Waals surface area (Å²) in [5, 5.41) is 2.93. The third kappa shape index (κ3) is 5.44. The summed E-state index contributed by atoms with van der Waals surface area (Å²) < 4.78 is 20.1. The molecule has 1 aliphatic carbocycles. The first kappa shape index (κ1) is 20.6. The van der Waals surface area contributed by atoms with E-state index in [4.69, 9.17) is 4.42 Å². The van der Waals surface area contributed by atoms with Crippen molar-refractivity contribution < 1.29 is 13.6 Å². The van der Waals surface area contributed by atoms with Crippen LogP contribution in [-0.2, 0) is 13.1 Å². The van der Waals surface area contributed by atoms with Crippen LogP contribution in [0.2, 0.25) is 0 Å². The second kappa shape index (κ2) is 9.87. The van der Waals surface area contributed by atoms with E-state index >= 15 is 0 Å². The van der Waals surface area contributed by atoms with Gasteiger partial charge in [0.25, 0.3) is 5.91 Å². The summed E-state index contributed by atoms with van der Waals surface area (Å²) >= 11 is 0. The molecule has 3 rings (SSSR count). The van der Waals surface area contributed by atoms with Crippen molar-refractivity contribution in [2.24, 2.45) is 0 Å². The van der Waals surface area contributed by atoms with Crippen LogP contribution in [0.3, 0.4) is 0 Å². The molecule has 28 heavy (non-hydrogen) atoms. The number of amides is 1. The smallest absolute Gasteiger partial charge is 0.287 e. The van der Waals surface area contributed by atoms with Crippen LogP contribution in [-0.4, -0.2) is 22.9 Å². The lowest BCUT2D eigenvalue weighted by Crippen LogP contribution is -2.36. The van der Waals surface area contributed by atoms with Gasteiger partial charge in [0, 0.05) is 24.2 Å². The Labute approximate surface area is 167 Å². The molecule has 0 spiro atoms. The molecule has 0 saturated heterocycles. The fraction of sp³-hybridized carbons (Fsp3) is 0.522. The van der Waals surface area contributed by atoms with Gasteiger partial charge in [-0.1, -0.05) is 44.4 Å². The number of hydrogen-bond acceptors (Lipinski definition) is 3. The first-order valence-electron chi connectivity index (χ1n) is 10.4. The first-order chi connectivity index (χ1) is 13.6. The lowest BCUT2D eigenvalue weighted by atomic mass is 9.93. The Morgan fingerprint density at radius 2 is 1.93 bits per heavy atom. The molecule has 1 aromatic heterocycles. The molecule has 0 radical (unpaired) electrons. The van der Waals surface area contributed by atoms with E-state index in [0.717, 1.165) is 25.0 Å². The van der Waals surface area contributed by atoms with Crippen LogP contribution in [0.1, 0.15) is 74.3 Å². The highest BCUT2D eigenvalue weighted by Crippen LogP contribution is 2.26. The van der Waals surface area contributed by atoms with Gasteiger partial charge in [-0.3, -0.25) is 9.69 Å². The zero-order chi connectivity index (χ0) is 19.9. The first-order valence-corrected chi connectivity index (χ1v) is 10.4. The number of nitrogens with one attached hydrogen (secondary N) is 1. The average Bonchev–Trinajstić information content (AvgIpc) is 3.18. The van der Waals surface area contributed by atoms with Gasteiger partial charge in [0.05, 0.1) is 6.54 Å². The van der Waals surface area contributed by atoms with E-state index in [1.54, 1.807) is 12.1 Å². The van der Waals surface area contributed by atoms with Gasteiger partial charge in [0.1, 0.15) is 11.6 Å². The van der Waals surface area contributed by atoms with Crippen LogP contribution >= 0.6 is 0 Å². The normalized spacial score (nSPS) is 16.3. The maximum absolute atomic E-state index is 14.2. The van der Waals surface area contributed by atoms with Gasteiger partial charge in [-0.2, -0.15) is 0 Å². The van der Waals surface area contributed by atoms with Gasteiger partial charge in [-0.15, -0.1) is 0 Å². The van der Waals surface area contributed by atoms with Crippen LogP contribution in [0.15, 0.2) is 40.8 Å². The average molecular weight is 387 g/mol. The lowest BCUT2D eigenvalue weighted by molar-refractivity contribution is 0.0901. The predicted molar refractivity (Wildman–Crippen MR) is 108 cm³/mol. The minimum atomic E-state index is -0.182. The molecule has 4 nitrogen and oxygen atoms in total. The molecule has 152 valence electrons. The summed E-state index contributed by atoms with van der Waals surface area (Å²) in [5.41, 5.74) is 0.703. The van der Waals surface area contributed by atoms with Crippen molar-refractivity contribution in [3.05, 3.63) is 59.3 Å². The van der Waals surface area contributed by atoms with Crippen molar-refractivity contribution in [2.75, 3.05) is 0 Å². The fourth-order valence-electron chi connectivity index (χ4n) is 3.79. The summed E-state index contributed by atoms with van der Waals surface area (Å²) in [5.74, 6) is 0.733. The van der Waals surface area contributed by atoms with Crippen molar-refractivity contribution in [3.8, 4) is 0 Å². The molecular formula is C23H31FN2O2. The molecular weight excluding hydrogens is 355 g/mol. The van der Waals surface area contributed by atoms with E-state index in [0.29, 0.717) is 30.5 Å². The van der Waals surface area contributed by atoms with Gasteiger partial charge in [-0.05, 0) is 44.4 Å². The van der Waals surface area contributed by atoms with E-state index in [1.165, 1.54) is 25.3 Å². The van der Waals surface area contributed by atoms with E-state index < -0.39 is 0 Å². The molecule has 1 aromatic carbocycles. The number of benzene rings is 1. The Morgan fingerprint density at radius 3 is 2.64 bits per heavy atom. The van der Waals surface area contributed by atoms with E-state index in [-0.39, 0.29) is 17.8 Å². The zero-order valence-corrected chi connectivity index (χ0v) is 16.9. The zero-order valence-electron chi connectivity index (χ0n) is 16.9. The lowest BCUT2D eigenvalue weighted by Gasteiger charge is -2.34. The second-order valence-corrected chi connectivity index (χ2v) is 7.84. The van der Waals surface area contributed by atoms with Crippen molar-refractivity contribution in [1.29, 1.82) is 0 Å². The Balaban J connectivity index is 1.72. The minimum Gasteiger partial charge on any atom is -0.455 e. The van der Waals surface area contributed by atoms with Crippen LogP contribution in [0.5, 0.6) is 0 Å². The second-order valence-electron chi connectivity index (χ2n) is 7.84. The minimum absolute atomic E-state index is 0.112. The van der Waals surface area contributed by atoms with E-state index in [2.05, 4.69) is 10.2 Å². The van der Waals surface area contributed by atoms with Crippen molar-refractivity contribution in [1.82, 2.24) is 10.2 Å². The SMILES string of the molecule is CCC(C)NC(=O)c1ccc(CN(Cc2ccccc2F)C2CCCCC2)o1. The molecule has 0 bridgehead atoms. The maximum atomic E-state index is 14.2. The molecule has 1 amide bonds. The highest BCUT2D eigenvalue weighted by Gasteiger charge is 2.24. The third-order valence-electron chi connectivity index (χ3n) is 5.66. The number of carbonyl (C=O) groups excluding carboxylic acids is 1. The van der Waals surface area contributed by atoms with Crippen LogP contribution in [0.4, 0.5) is 4.39 Å². The van der Waals surface area contributed by atoms with E-state index in [9.17, 15) is 9.18 Å². The van der Waals surface area contributed by atoms with Gasteiger partial charge >= 0.3 is 0 Å². The Kier molecular flexibility index (Phi) is 7.26. The molecule has 2 aromatic rings. The number of rotatable bonds is 8. The quantitative estimate of drug-likeness (QED) is 0.671. The van der Waals surface area contributed by atoms with Crippen LogP contribution in [0, 0.1) is 5.82 Å². The van der Waals surface area contributed by atoms with Gasteiger partial charge in [0.2, 0.25) is 0 Å². The van der Waals surface area contributed by atoms with Crippen molar-refractivity contribution in [3.63, 3.8) is 0 Å². The molecule has 5 heteroatoms. The van der Waals surface area contributed by atoms with Crippen molar-refractivity contribution >= 4 is 5.91 Å². The maximum Gasteiger partial charge on any atom is 0.287 e. The predicted octanol–water partition coefficient (Wildman–Crippen LogP) is 5.28. The monoisotopic (exact) mass is 386 g/mol. The number of carbonyl (C=O) groups is 1. The van der Waals surface area contributed by atoms with Crippen LogP contribution in [0.25, 0.3) is 0 Å². The summed E-state index contributed by atoms with van der Waals surface area (Å²) in [7, 11) is 0.